The van der Waals surface area contributed by atoms with Crippen molar-refractivity contribution in [1.29, 1.82) is 0 Å². The number of nitrogens with one attached hydrogen (secondary N) is 1. The normalized spacial score (nSPS) is 10.7. The first-order valence-electron chi connectivity index (χ1n) is 6.10. The topological polar surface area (TPSA) is 85.4 Å². The molecule has 1 N–H and O–H groups in total. The van der Waals surface area contributed by atoms with Crippen molar-refractivity contribution >= 4 is 33.1 Å². The van der Waals surface area contributed by atoms with Gasteiger partial charge in [-0.2, -0.15) is 0 Å². The van der Waals surface area contributed by atoms with E-state index in [4.69, 9.17) is 0 Å². The summed E-state index contributed by atoms with van der Waals surface area (Å²) < 4.78 is 2.83. The highest BCUT2D eigenvalue weighted by molar-refractivity contribution is 9.10. The van der Waals surface area contributed by atoms with Crippen LogP contribution in [0.4, 0.5) is 11.5 Å². The highest BCUT2D eigenvalue weighted by atomic mass is 79.9. The highest BCUT2D eigenvalue weighted by Crippen LogP contribution is 2.21. The highest BCUT2D eigenvalue weighted by Gasteiger charge is 2.14. The Morgan fingerprint density at radius 3 is 3.00 bits per heavy atom. The van der Waals surface area contributed by atoms with Gasteiger partial charge in [0.1, 0.15) is 5.65 Å². The Labute approximate surface area is 127 Å². The Balaban J connectivity index is 1.82. The summed E-state index contributed by atoms with van der Waals surface area (Å²) >= 11 is 3.39. The van der Waals surface area contributed by atoms with Crippen molar-refractivity contribution in [2.24, 2.45) is 0 Å². The molecule has 0 aliphatic heterocycles. The van der Waals surface area contributed by atoms with Crippen LogP contribution < -0.4 is 5.32 Å². The maximum atomic E-state index is 10.9. The minimum atomic E-state index is -0.462. The van der Waals surface area contributed by atoms with Crippen LogP contribution in [-0.4, -0.2) is 19.3 Å². The van der Waals surface area contributed by atoms with Crippen LogP contribution in [-0.2, 0) is 6.54 Å². The summed E-state index contributed by atoms with van der Waals surface area (Å²) in [5, 5.41) is 13.9. The van der Waals surface area contributed by atoms with E-state index >= 15 is 0 Å². The molecule has 0 atom stereocenters. The fraction of sp³-hybridized carbons (Fsp3) is 0.0769. The molecule has 3 rings (SSSR count). The second-order valence-electron chi connectivity index (χ2n) is 4.33. The summed E-state index contributed by atoms with van der Waals surface area (Å²) in [5.74, 6) is 0.237. The SMILES string of the molecule is O=[N+]([O-])c1cccnc1NCc1cn2cc(Br)ccc2n1. The van der Waals surface area contributed by atoms with E-state index in [-0.39, 0.29) is 11.5 Å². The van der Waals surface area contributed by atoms with Crippen LogP contribution >= 0.6 is 15.9 Å². The standard InChI is InChI=1S/C13H10BrN5O2/c14-9-3-4-12-17-10(8-18(12)7-9)6-16-13-11(19(20)21)2-1-5-15-13/h1-5,7-8H,6H2,(H,15,16). The van der Waals surface area contributed by atoms with Crippen molar-refractivity contribution in [3.63, 3.8) is 0 Å². The first kappa shape index (κ1) is 13.5. The van der Waals surface area contributed by atoms with Gasteiger partial charge in [0.05, 0.1) is 17.2 Å². The Kier molecular flexibility index (Phi) is 3.53. The van der Waals surface area contributed by atoms with Crippen molar-refractivity contribution in [3.05, 3.63) is 63.1 Å². The molecular weight excluding hydrogens is 338 g/mol. The number of hydrogen-bond acceptors (Lipinski definition) is 5. The summed E-state index contributed by atoms with van der Waals surface area (Å²) in [7, 11) is 0. The molecule has 7 nitrogen and oxygen atoms in total. The number of halogens is 1. The lowest BCUT2D eigenvalue weighted by Crippen LogP contribution is -2.04. The fourth-order valence-corrected chi connectivity index (χ4v) is 2.31. The van der Waals surface area contributed by atoms with E-state index in [9.17, 15) is 10.1 Å². The smallest absolute Gasteiger partial charge is 0.311 e. The first-order chi connectivity index (χ1) is 10.1. The molecule has 0 saturated heterocycles. The van der Waals surface area contributed by atoms with Crippen LogP contribution in [0, 0.1) is 10.1 Å². The van der Waals surface area contributed by atoms with Gasteiger partial charge in [-0.3, -0.25) is 10.1 Å². The molecular formula is C13H10BrN5O2. The van der Waals surface area contributed by atoms with E-state index in [2.05, 4.69) is 31.2 Å². The average Bonchev–Trinajstić information content (AvgIpc) is 2.87. The fourth-order valence-electron chi connectivity index (χ4n) is 1.96. The minimum Gasteiger partial charge on any atom is -0.359 e. The van der Waals surface area contributed by atoms with E-state index in [1.807, 2.05) is 28.9 Å². The second-order valence-corrected chi connectivity index (χ2v) is 5.24. The van der Waals surface area contributed by atoms with Crippen LogP contribution in [0.1, 0.15) is 5.69 Å². The van der Waals surface area contributed by atoms with Gasteiger partial charge >= 0.3 is 5.69 Å². The molecule has 0 radical (unpaired) electrons. The molecule has 0 fully saturated rings. The number of nitrogens with zero attached hydrogens (tertiary/aromatic N) is 4. The molecule has 8 heteroatoms. The molecule has 0 bridgehead atoms. The molecule has 106 valence electrons. The molecule has 0 spiro atoms. The zero-order chi connectivity index (χ0) is 14.8. The summed E-state index contributed by atoms with van der Waals surface area (Å²) in [6.45, 7) is 0.358. The Bertz CT molecular complexity index is 817. The number of aromatic nitrogens is 3. The van der Waals surface area contributed by atoms with Gasteiger partial charge in [0.15, 0.2) is 0 Å². The van der Waals surface area contributed by atoms with Crippen LogP contribution in [0.15, 0.2) is 47.3 Å². The molecule has 3 aromatic rings. The van der Waals surface area contributed by atoms with Crippen molar-refractivity contribution in [1.82, 2.24) is 14.4 Å². The van der Waals surface area contributed by atoms with Gasteiger partial charge in [-0.1, -0.05) is 0 Å². The largest absolute Gasteiger partial charge is 0.359 e. The number of hydrogen-bond donors (Lipinski definition) is 1. The van der Waals surface area contributed by atoms with Gasteiger partial charge in [0, 0.05) is 29.1 Å². The molecule has 21 heavy (non-hydrogen) atoms. The van der Waals surface area contributed by atoms with Crippen LogP contribution in [0.3, 0.4) is 0 Å². The molecule has 0 aliphatic carbocycles. The lowest BCUT2D eigenvalue weighted by molar-refractivity contribution is -0.384. The maximum Gasteiger partial charge on any atom is 0.311 e. The third-order valence-corrected chi connectivity index (χ3v) is 3.35. The summed E-state index contributed by atoms with van der Waals surface area (Å²) in [4.78, 5) is 18.9. The Morgan fingerprint density at radius 2 is 2.19 bits per heavy atom. The number of pyridine rings is 2. The zero-order valence-corrected chi connectivity index (χ0v) is 12.3. The average molecular weight is 348 g/mol. The van der Waals surface area contributed by atoms with Crippen molar-refractivity contribution in [2.75, 3.05) is 5.32 Å². The van der Waals surface area contributed by atoms with Crippen molar-refractivity contribution in [2.45, 2.75) is 6.54 Å². The molecule has 0 aliphatic rings. The lowest BCUT2D eigenvalue weighted by Gasteiger charge is -2.03. The van der Waals surface area contributed by atoms with Gasteiger partial charge in [0.25, 0.3) is 0 Å². The van der Waals surface area contributed by atoms with E-state index in [0.29, 0.717) is 6.54 Å². The van der Waals surface area contributed by atoms with E-state index in [0.717, 1.165) is 15.8 Å². The van der Waals surface area contributed by atoms with Gasteiger partial charge < -0.3 is 9.72 Å². The molecule has 0 amide bonds. The number of imidazole rings is 1. The van der Waals surface area contributed by atoms with Crippen LogP contribution in [0.2, 0.25) is 0 Å². The van der Waals surface area contributed by atoms with Gasteiger partial charge in [-0.15, -0.1) is 0 Å². The molecule has 0 saturated carbocycles. The Morgan fingerprint density at radius 1 is 1.33 bits per heavy atom. The monoisotopic (exact) mass is 347 g/mol. The van der Waals surface area contributed by atoms with E-state index in [1.54, 1.807) is 0 Å². The number of fused-ring (bicyclic) bond motifs is 1. The van der Waals surface area contributed by atoms with Gasteiger partial charge in [-0.25, -0.2) is 9.97 Å². The molecule has 3 heterocycles. The van der Waals surface area contributed by atoms with E-state index in [1.165, 1.54) is 18.3 Å². The summed E-state index contributed by atoms with van der Waals surface area (Å²) in [6.07, 6.45) is 5.27. The van der Waals surface area contributed by atoms with Crippen molar-refractivity contribution in [3.8, 4) is 0 Å². The van der Waals surface area contributed by atoms with Crippen LogP contribution in [0.5, 0.6) is 0 Å². The van der Waals surface area contributed by atoms with Gasteiger partial charge in [0.2, 0.25) is 5.82 Å². The summed E-state index contributed by atoms with van der Waals surface area (Å²) in [6, 6.07) is 6.74. The number of nitro groups is 1. The predicted octanol–water partition coefficient (Wildman–Crippen LogP) is 3.01. The number of rotatable bonds is 4. The van der Waals surface area contributed by atoms with Gasteiger partial charge in [-0.05, 0) is 34.1 Å². The minimum absolute atomic E-state index is 0.0518. The zero-order valence-electron chi connectivity index (χ0n) is 10.7. The molecule has 0 unspecified atom stereocenters. The second kappa shape index (κ2) is 5.49. The van der Waals surface area contributed by atoms with E-state index < -0.39 is 4.92 Å². The molecule has 0 aromatic carbocycles. The number of anilines is 1. The third-order valence-electron chi connectivity index (χ3n) is 2.88. The predicted molar refractivity (Wildman–Crippen MR) is 81.1 cm³/mol. The van der Waals surface area contributed by atoms with Crippen LogP contribution in [0.25, 0.3) is 5.65 Å². The molecule has 3 aromatic heterocycles. The Hall–Kier alpha value is -2.48. The third kappa shape index (κ3) is 2.84. The quantitative estimate of drug-likeness (QED) is 0.579. The maximum absolute atomic E-state index is 10.9. The summed E-state index contributed by atoms with van der Waals surface area (Å²) in [5.41, 5.74) is 1.53. The first-order valence-corrected chi connectivity index (χ1v) is 6.89. The van der Waals surface area contributed by atoms with Crippen molar-refractivity contribution < 1.29 is 4.92 Å². The lowest BCUT2D eigenvalue weighted by atomic mass is 10.4.